The topological polar surface area (TPSA) is 120 Å². The summed E-state index contributed by atoms with van der Waals surface area (Å²) >= 11 is 0. The number of fused-ring (bicyclic) bond motifs is 3. The van der Waals surface area contributed by atoms with Crippen LogP contribution in [-0.4, -0.2) is 44.7 Å². The van der Waals surface area contributed by atoms with Gasteiger partial charge in [0, 0.05) is 29.2 Å². The minimum atomic E-state index is -4.85. The van der Waals surface area contributed by atoms with Gasteiger partial charge in [0.05, 0.1) is 30.0 Å². The lowest BCUT2D eigenvalue weighted by Gasteiger charge is -2.36. The van der Waals surface area contributed by atoms with Crippen molar-refractivity contribution in [3.63, 3.8) is 0 Å². The van der Waals surface area contributed by atoms with E-state index in [0.717, 1.165) is 50.7 Å². The number of halogens is 4. The molecule has 2 aromatic carbocycles. The molecule has 7 rings (SSSR count). The van der Waals surface area contributed by atoms with E-state index in [1.807, 2.05) is 0 Å². The van der Waals surface area contributed by atoms with E-state index in [2.05, 4.69) is 25.2 Å². The lowest BCUT2D eigenvalue weighted by atomic mass is 9.82. The number of anilines is 1. The van der Waals surface area contributed by atoms with Crippen molar-refractivity contribution >= 4 is 22.8 Å². The zero-order valence-corrected chi connectivity index (χ0v) is 23.3. The summed E-state index contributed by atoms with van der Waals surface area (Å²) in [7, 11) is 0. The Labute approximate surface area is 248 Å². The lowest BCUT2D eigenvalue weighted by molar-refractivity contribution is -0.274. The minimum absolute atomic E-state index is 0.0775. The maximum atomic E-state index is 13.9. The Bertz CT molecular complexity index is 1710. The SMILES string of the molecule is O=C(O)c1cc(F)cc2ncc(NC3C4CCC3CC(OCc3c(-c5ccccc5OC(F)(F)F)noc3C3CC3)C4)nc12. The van der Waals surface area contributed by atoms with Gasteiger partial charge in [0.1, 0.15) is 34.4 Å². The van der Waals surface area contributed by atoms with Gasteiger partial charge < -0.3 is 24.4 Å². The van der Waals surface area contributed by atoms with E-state index in [1.54, 1.807) is 6.07 Å². The van der Waals surface area contributed by atoms with E-state index < -0.39 is 18.1 Å². The molecule has 3 aliphatic rings. The molecule has 9 nitrogen and oxygen atoms in total. The average molecular weight is 613 g/mol. The number of aromatic nitrogens is 3. The van der Waals surface area contributed by atoms with E-state index in [0.29, 0.717) is 22.8 Å². The normalized spacial score (nSPS) is 23.2. The van der Waals surface area contributed by atoms with Crippen LogP contribution in [0.2, 0.25) is 0 Å². The molecular weight excluding hydrogens is 584 g/mol. The Kier molecular flexibility index (Phi) is 7.14. The van der Waals surface area contributed by atoms with Crippen LogP contribution in [0.1, 0.15) is 66.1 Å². The highest BCUT2D eigenvalue weighted by Crippen LogP contribution is 2.47. The number of benzene rings is 2. The van der Waals surface area contributed by atoms with Crippen LogP contribution in [0.4, 0.5) is 23.4 Å². The molecule has 0 aliphatic heterocycles. The molecule has 4 aromatic rings. The molecule has 2 aromatic heterocycles. The molecule has 13 heteroatoms. The second-order valence-electron chi connectivity index (χ2n) is 11.7. The zero-order valence-electron chi connectivity index (χ0n) is 23.3. The van der Waals surface area contributed by atoms with E-state index in [-0.39, 0.29) is 64.4 Å². The van der Waals surface area contributed by atoms with Crippen LogP contribution in [0.3, 0.4) is 0 Å². The number of carbonyl (C=O) groups is 1. The van der Waals surface area contributed by atoms with Gasteiger partial charge in [-0.1, -0.05) is 17.3 Å². The molecule has 3 fully saturated rings. The van der Waals surface area contributed by atoms with Crippen LogP contribution in [0, 0.1) is 17.7 Å². The average Bonchev–Trinajstić information content (AvgIpc) is 3.69. The molecule has 2 heterocycles. The fourth-order valence-electron chi connectivity index (χ4n) is 6.75. The molecule has 2 N–H and O–H groups in total. The number of carboxylic acids is 1. The summed E-state index contributed by atoms with van der Waals surface area (Å²) in [5, 5.41) is 17.1. The van der Waals surface area contributed by atoms with Crippen molar-refractivity contribution in [1.82, 2.24) is 15.1 Å². The van der Waals surface area contributed by atoms with Crippen molar-refractivity contribution in [2.24, 2.45) is 11.8 Å². The van der Waals surface area contributed by atoms with Gasteiger partial charge >= 0.3 is 12.3 Å². The number of hydrogen-bond acceptors (Lipinski definition) is 8. The van der Waals surface area contributed by atoms with Gasteiger partial charge in [-0.2, -0.15) is 0 Å². The van der Waals surface area contributed by atoms with Crippen molar-refractivity contribution < 1.29 is 41.5 Å². The number of hydrogen-bond donors (Lipinski definition) is 2. The van der Waals surface area contributed by atoms with Gasteiger partial charge in [-0.05, 0) is 68.6 Å². The Morgan fingerprint density at radius 3 is 2.55 bits per heavy atom. The first-order valence-corrected chi connectivity index (χ1v) is 14.5. The molecule has 44 heavy (non-hydrogen) atoms. The summed E-state index contributed by atoms with van der Waals surface area (Å²) in [6.45, 7) is 0.151. The van der Waals surface area contributed by atoms with Gasteiger partial charge in [-0.3, -0.25) is 4.98 Å². The van der Waals surface area contributed by atoms with Crippen molar-refractivity contribution in [2.75, 3.05) is 5.32 Å². The summed E-state index contributed by atoms with van der Waals surface area (Å²) in [5.74, 6) is -0.560. The van der Waals surface area contributed by atoms with Crippen LogP contribution in [0.5, 0.6) is 5.75 Å². The number of rotatable bonds is 9. The van der Waals surface area contributed by atoms with E-state index >= 15 is 0 Å². The first-order valence-electron chi connectivity index (χ1n) is 14.5. The van der Waals surface area contributed by atoms with E-state index in [9.17, 15) is 27.5 Å². The monoisotopic (exact) mass is 612 g/mol. The maximum absolute atomic E-state index is 13.9. The molecule has 0 saturated heterocycles. The number of carboxylic acid groups (broad SMARTS) is 1. The number of nitrogens with zero attached hydrogens (tertiary/aromatic N) is 3. The quantitative estimate of drug-likeness (QED) is 0.191. The standard InChI is InChI=1S/C31H28F4N4O5/c32-18-11-21(30(40)41)28-23(12-18)36-13-25(38-28)37-26-16-7-8-17(26)10-19(9-16)42-14-22-27(39-44-29(22)15-5-6-15)20-3-1-2-4-24(20)43-31(33,34)35/h1-4,11-13,15-17,19,26H,5-10,14H2,(H,37,38)(H,40,41). The Morgan fingerprint density at radius 2 is 1.84 bits per heavy atom. The molecule has 2 bridgehead atoms. The Hall–Kier alpha value is -4.26. The van der Waals surface area contributed by atoms with Crippen LogP contribution in [0.25, 0.3) is 22.3 Å². The third-order valence-electron chi connectivity index (χ3n) is 8.81. The van der Waals surface area contributed by atoms with Crippen molar-refractivity contribution in [3.05, 3.63) is 65.3 Å². The number of alkyl halides is 3. The number of aromatic carboxylic acids is 1. The van der Waals surface area contributed by atoms with E-state index in [4.69, 9.17) is 9.26 Å². The highest BCUT2D eigenvalue weighted by Gasteiger charge is 2.44. The predicted octanol–water partition coefficient (Wildman–Crippen LogP) is 7.08. The molecular formula is C31H28F4N4O5. The number of nitrogens with one attached hydrogen (secondary N) is 1. The second-order valence-corrected chi connectivity index (χ2v) is 11.7. The van der Waals surface area contributed by atoms with Gasteiger partial charge in [0.2, 0.25) is 0 Å². The molecule has 2 unspecified atom stereocenters. The maximum Gasteiger partial charge on any atom is 0.573 e. The summed E-state index contributed by atoms with van der Waals surface area (Å²) in [5.41, 5.74) is 1.17. The molecule has 0 radical (unpaired) electrons. The number of ether oxygens (including phenoxy) is 2. The molecule has 0 amide bonds. The summed E-state index contributed by atoms with van der Waals surface area (Å²) < 4.78 is 69.6. The first-order chi connectivity index (χ1) is 21.1. The first kappa shape index (κ1) is 28.5. The summed E-state index contributed by atoms with van der Waals surface area (Å²) in [6.07, 6.45) is 1.87. The van der Waals surface area contributed by atoms with Crippen LogP contribution >= 0.6 is 0 Å². The van der Waals surface area contributed by atoms with Gasteiger partial charge in [-0.15, -0.1) is 13.2 Å². The Morgan fingerprint density at radius 1 is 1.09 bits per heavy atom. The van der Waals surface area contributed by atoms with E-state index in [1.165, 1.54) is 24.4 Å². The number of para-hydroxylation sites is 1. The smallest absolute Gasteiger partial charge is 0.478 e. The lowest BCUT2D eigenvalue weighted by Crippen LogP contribution is -2.39. The molecule has 0 spiro atoms. The fraction of sp³-hybridized carbons (Fsp3) is 0.419. The highest BCUT2D eigenvalue weighted by molar-refractivity contribution is 6.01. The third-order valence-corrected chi connectivity index (χ3v) is 8.81. The predicted molar refractivity (Wildman–Crippen MR) is 148 cm³/mol. The largest absolute Gasteiger partial charge is 0.573 e. The van der Waals surface area contributed by atoms with Crippen molar-refractivity contribution in [3.8, 4) is 17.0 Å². The van der Waals surface area contributed by atoms with Gasteiger partial charge in [-0.25, -0.2) is 14.2 Å². The van der Waals surface area contributed by atoms with Gasteiger partial charge in [0.25, 0.3) is 0 Å². The molecule has 2 atom stereocenters. The third kappa shape index (κ3) is 5.68. The highest BCUT2D eigenvalue weighted by atomic mass is 19.4. The second kappa shape index (κ2) is 11.0. The van der Waals surface area contributed by atoms with Crippen LogP contribution in [-0.2, 0) is 11.3 Å². The van der Waals surface area contributed by atoms with Crippen LogP contribution in [0.15, 0.2) is 47.1 Å². The summed E-state index contributed by atoms with van der Waals surface area (Å²) in [4.78, 5) is 20.4. The van der Waals surface area contributed by atoms with Crippen molar-refractivity contribution in [2.45, 2.75) is 69.6 Å². The molecule has 3 aliphatic carbocycles. The van der Waals surface area contributed by atoms with Gasteiger partial charge in [0.15, 0.2) is 0 Å². The fourth-order valence-corrected chi connectivity index (χ4v) is 6.75. The summed E-state index contributed by atoms with van der Waals surface area (Å²) in [6, 6.07) is 8.05. The van der Waals surface area contributed by atoms with Crippen LogP contribution < -0.4 is 10.1 Å². The minimum Gasteiger partial charge on any atom is -0.478 e. The molecule has 3 saturated carbocycles. The van der Waals surface area contributed by atoms with Crippen molar-refractivity contribution in [1.29, 1.82) is 0 Å². The molecule has 230 valence electrons. The Balaban J connectivity index is 1.07. The zero-order chi connectivity index (χ0) is 30.6.